The van der Waals surface area contributed by atoms with Gasteiger partial charge in [0.05, 0.1) is 0 Å². The van der Waals surface area contributed by atoms with Crippen LogP contribution in [0.15, 0.2) is 0 Å². The second kappa shape index (κ2) is 4.94. The Bertz CT molecular complexity index is 226. The van der Waals surface area contributed by atoms with E-state index in [0.29, 0.717) is 13.2 Å². The molecule has 2 heterocycles. The van der Waals surface area contributed by atoms with Gasteiger partial charge in [0.15, 0.2) is 0 Å². The number of rotatable bonds is 2. The minimum Gasteiger partial charge on any atom is -0.396 e. The Labute approximate surface area is 90.2 Å². The van der Waals surface area contributed by atoms with Gasteiger partial charge in [0.2, 0.25) is 0 Å². The van der Waals surface area contributed by atoms with Gasteiger partial charge in [0.25, 0.3) is 5.91 Å². The maximum Gasteiger partial charge on any atom is 0.251 e. The van der Waals surface area contributed by atoms with Gasteiger partial charge in [0, 0.05) is 26.3 Å². The molecule has 0 saturated carbocycles. The molecule has 2 aliphatic heterocycles. The van der Waals surface area contributed by atoms with Crippen molar-refractivity contribution in [1.82, 2.24) is 4.90 Å². The largest absolute Gasteiger partial charge is 0.396 e. The van der Waals surface area contributed by atoms with Gasteiger partial charge in [-0.1, -0.05) is 0 Å². The number of hydrogen-bond donors (Lipinski definition) is 1. The van der Waals surface area contributed by atoms with Crippen molar-refractivity contribution in [2.24, 2.45) is 5.92 Å². The third-order valence-corrected chi connectivity index (χ3v) is 3.29. The molecule has 86 valence electrons. The van der Waals surface area contributed by atoms with Crippen molar-refractivity contribution in [3.05, 3.63) is 0 Å². The van der Waals surface area contributed by atoms with Crippen LogP contribution in [-0.4, -0.2) is 48.3 Å². The highest BCUT2D eigenvalue weighted by molar-refractivity contribution is 5.81. The van der Waals surface area contributed by atoms with E-state index in [1.807, 2.05) is 4.90 Å². The van der Waals surface area contributed by atoms with Crippen molar-refractivity contribution < 1.29 is 14.6 Å². The van der Waals surface area contributed by atoms with E-state index in [0.717, 1.165) is 32.2 Å². The summed E-state index contributed by atoms with van der Waals surface area (Å²) >= 11 is 0. The second-order valence-electron chi connectivity index (χ2n) is 4.48. The van der Waals surface area contributed by atoms with Gasteiger partial charge in [0.1, 0.15) is 6.10 Å². The molecule has 4 heteroatoms. The molecule has 2 unspecified atom stereocenters. The summed E-state index contributed by atoms with van der Waals surface area (Å²) in [5.41, 5.74) is 0. The maximum atomic E-state index is 12.0. The average Bonchev–Trinajstić information content (AvgIpc) is 2.81. The van der Waals surface area contributed by atoms with Gasteiger partial charge in [-0.3, -0.25) is 4.79 Å². The van der Waals surface area contributed by atoms with Gasteiger partial charge in [-0.25, -0.2) is 0 Å². The lowest BCUT2D eigenvalue weighted by Crippen LogP contribution is -2.45. The van der Waals surface area contributed by atoms with Crippen LogP contribution >= 0.6 is 0 Å². The van der Waals surface area contributed by atoms with Crippen LogP contribution in [0.25, 0.3) is 0 Å². The highest BCUT2D eigenvalue weighted by Crippen LogP contribution is 2.20. The monoisotopic (exact) mass is 213 g/mol. The minimum atomic E-state index is -0.206. The number of likely N-dealkylation sites (tertiary alicyclic amines) is 1. The van der Waals surface area contributed by atoms with E-state index in [1.54, 1.807) is 0 Å². The van der Waals surface area contributed by atoms with Gasteiger partial charge in [-0.15, -0.1) is 0 Å². The van der Waals surface area contributed by atoms with Crippen LogP contribution in [0.1, 0.15) is 25.7 Å². The fourth-order valence-electron chi connectivity index (χ4n) is 2.39. The fraction of sp³-hybridized carbons (Fsp3) is 0.909. The first-order chi connectivity index (χ1) is 7.31. The molecule has 2 saturated heterocycles. The van der Waals surface area contributed by atoms with E-state index in [1.165, 1.54) is 0 Å². The quantitative estimate of drug-likeness (QED) is 0.722. The topological polar surface area (TPSA) is 49.8 Å². The van der Waals surface area contributed by atoms with Crippen LogP contribution < -0.4 is 0 Å². The van der Waals surface area contributed by atoms with Crippen molar-refractivity contribution in [2.75, 3.05) is 26.3 Å². The van der Waals surface area contributed by atoms with Gasteiger partial charge in [-0.2, -0.15) is 0 Å². The van der Waals surface area contributed by atoms with Crippen molar-refractivity contribution >= 4 is 5.91 Å². The predicted molar refractivity (Wildman–Crippen MR) is 55.4 cm³/mol. The summed E-state index contributed by atoms with van der Waals surface area (Å²) in [5, 5.41) is 9.09. The molecule has 4 nitrogen and oxygen atoms in total. The highest BCUT2D eigenvalue weighted by Gasteiger charge is 2.31. The molecule has 2 fully saturated rings. The van der Waals surface area contributed by atoms with E-state index < -0.39 is 0 Å². The highest BCUT2D eigenvalue weighted by atomic mass is 16.5. The standard InChI is InChI=1S/C11H19NO3/c13-8-9-3-1-5-12(7-9)11(14)10-4-2-6-15-10/h9-10,13H,1-8H2. The summed E-state index contributed by atoms with van der Waals surface area (Å²) in [5.74, 6) is 0.398. The van der Waals surface area contributed by atoms with Crippen LogP contribution in [0.3, 0.4) is 0 Å². The van der Waals surface area contributed by atoms with E-state index in [2.05, 4.69) is 0 Å². The van der Waals surface area contributed by atoms with Gasteiger partial charge < -0.3 is 14.7 Å². The SMILES string of the molecule is O=C(C1CCCO1)N1CCCC(CO)C1. The summed E-state index contributed by atoms with van der Waals surface area (Å²) in [6, 6.07) is 0. The molecule has 2 aliphatic rings. The van der Waals surface area contributed by atoms with Crippen LogP contribution in [-0.2, 0) is 9.53 Å². The summed E-state index contributed by atoms with van der Waals surface area (Å²) in [6.07, 6.45) is 3.69. The second-order valence-corrected chi connectivity index (χ2v) is 4.48. The first-order valence-corrected chi connectivity index (χ1v) is 5.82. The molecule has 2 rings (SSSR count). The Hall–Kier alpha value is -0.610. The summed E-state index contributed by atoms with van der Waals surface area (Å²) < 4.78 is 5.38. The number of piperidine rings is 1. The number of aliphatic hydroxyl groups is 1. The van der Waals surface area contributed by atoms with E-state index in [-0.39, 0.29) is 24.5 Å². The average molecular weight is 213 g/mol. The minimum absolute atomic E-state index is 0.130. The summed E-state index contributed by atoms with van der Waals surface area (Å²) in [4.78, 5) is 13.8. The zero-order valence-electron chi connectivity index (χ0n) is 9.02. The number of amides is 1. The summed E-state index contributed by atoms with van der Waals surface area (Å²) in [7, 11) is 0. The Morgan fingerprint density at radius 3 is 2.93 bits per heavy atom. The molecule has 15 heavy (non-hydrogen) atoms. The molecule has 0 aliphatic carbocycles. The Morgan fingerprint density at radius 2 is 2.27 bits per heavy atom. The third kappa shape index (κ3) is 2.49. The number of hydrogen-bond acceptors (Lipinski definition) is 3. The van der Waals surface area contributed by atoms with Crippen LogP contribution in [0, 0.1) is 5.92 Å². The molecular formula is C11H19NO3. The predicted octanol–water partition coefficient (Wildman–Crippen LogP) is 0.396. The number of carbonyl (C=O) groups is 1. The van der Waals surface area contributed by atoms with Gasteiger partial charge >= 0.3 is 0 Å². The molecule has 0 aromatic carbocycles. The normalized spacial score (nSPS) is 31.9. The van der Waals surface area contributed by atoms with Crippen LogP contribution in [0.5, 0.6) is 0 Å². The first kappa shape index (κ1) is 10.9. The van der Waals surface area contributed by atoms with Crippen molar-refractivity contribution in [3.8, 4) is 0 Å². The molecule has 2 atom stereocenters. The molecule has 1 amide bonds. The molecule has 1 N–H and O–H groups in total. The molecular weight excluding hydrogens is 194 g/mol. The number of ether oxygens (including phenoxy) is 1. The smallest absolute Gasteiger partial charge is 0.251 e. The zero-order valence-corrected chi connectivity index (χ0v) is 9.02. The number of carbonyl (C=O) groups excluding carboxylic acids is 1. The molecule has 0 spiro atoms. The summed E-state index contributed by atoms with van der Waals surface area (Å²) in [6.45, 7) is 2.44. The van der Waals surface area contributed by atoms with Gasteiger partial charge in [-0.05, 0) is 31.6 Å². The lowest BCUT2D eigenvalue weighted by molar-refractivity contribution is -0.143. The molecule has 0 radical (unpaired) electrons. The van der Waals surface area contributed by atoms with Crippen LogP contribution in [0.2, 0.25) is 0 Å². The Kier molecular flexibility index (Phi) is 3.59. The first-order valence-electron chi connectivity index (χ1n) is 5.82. The molecule has 0 aromatic heterocycles. The van der Waals surface area contributed by atoms with E-state index >= 15 is 0 Å². The van der Waals surface area contributed by atoms with Crippen LogP contribution in [0.4, 0.5) is 0 Å². The number of nitrogens with zero attached hydrogens (tertiary/aromatic N) is 1. The van der Waals surface area contributed by atoms with E-state index in [4.69, 9.17) is 9.84 Å². The van der Waals surface area contributed by atoms with Crippen molar-refractivity contribution in [3.63, 3.8) is 0 Å². The van der Waals surface area contributed by atoms with E-state index in [9.17, 15) is 4.79 Å². The zero-order chi connectivity index (χ0) is 10.7. The molecule has 0 bridgehead atoms. The lowest BCUT2D eigenvalue weighted by Gasteiger charge is -2.33. The van der Waals surface area contributed by atoms with Crippen molar-refractivity contribution in [1.29, 1.82) is 0 Å². The lowest BCUT2D eigenvalue weighted by atomic mass is 9.98. The number of aliphatic hydroxyl groups excluding tert-OH is 1. The third-order valence-electron chi connectivity index (χ3n) is 3.29. The fourth-order valence-corrected chi connectivity index (χ4v) is 2.39. The molecule has 0 aromatic rings. The Morgan fingerprint density at radius 1 is 1.40 bits per heavy atom. The maximum absolute atomic E-state index is 12.0. The van der Waals surface area contributed by atoms with Crippen molar-refractivity contribution in [2.45, 2.75) is 31.8 Å². The Balaban J connectivity index is 1.88.